The number of carbonyl (C=O) groups is 2. The van der Waals surface area contributed by atoms with Crippen molar-refractivity contribution >= 4 is 11.9 Å². The minimum Gasteiger partial charge on any atom is -0.493 e. The van der Waals surface area contributed by atoms with Crippen LogP contribution in [0, 0.1) is 0 Å². The molecule has 0 amide bonds. The summed E-state index contributed by atoms with van der Waals surface area (Å²) >= 11 is 0. The van der Waals surface area contributed by atoms with E-state index in [1.807, 2.05) is 12.1 Å². The number of fused-ring (bicyclic) bond motifs is 8. The largest absolute Gasteiger partial charge is 0.493 e. The first-order chi connectivity index (χ1) is 34.3. The number of rotatable bonds is 34. The van der Waals surface area contributed by atoms with Gasteiger partial charge in [0, 0.05) is 25.7 Å². The van der Waals surface area contributed by atoms with E-state index in [9.17, 15) is 19.8 Å². The zero-order chi connectivity index (χ0) is 49.8. The minimum absolute atomic E-state index is 0.220. The van der Waals surface area contributed by atoms with Crippen LogP contribution in [0.1, 0.15) is 247 Å². The highest BCUT2D eigenvalue weighted by molar-refractivity contribution is 5.89. The molecule has 8 bridgehead atoms. The molecule has 8 nitrogen and oxygen atoms in total. The van der Waals surface area contributed by atoms with Gasteiger partial charge < -0.3 is 29.2 Å². The number of para-hydroxylation sites is 2. The van der Waals surface area contributed by atoms with Crippen LogP contribution in [0.2, 0.25) is 0 Å². The normalized spacial score (nSPS) is 12.2. The first-order valence-corrected chi connectivity index (χ1v) is 27.8. The van der Waals surface area contributed by atoms with Crippen molar-refractivity contribution in [1.29, 1.82) is 0 Å². The van der Waals surface area contributed by atoms with Crippen molar-refractivity contribution in [3.8, 4) is 23.0 Å². The summed E-state index contributed by atoms with van der Waals surface area (Å²) < 4.78 is 27.5. The first kappa shape index (κ1) is 55.9. The summed E-state index contributed by atoms with van der Waals surface area (Å²) in [5.74, 6) is 1.00. The predicted octanol–water partition coefficient (Wildman–Crippen LogP) is 16.7. The van der Waals surface area contributed by atoms with E-state index in [-0.39, 0.29) is 11.1 Å². The van der Waals surface area contributed by atoms with Gasteiger partial charge in [-0.25, -0.2) is 9.59 Å². The summed E-state index contributed by atoms with van der Waals surface area (Å²) in [6, 6.07) is 19.6. The summed E-state index contributed by atoms with van der Waals surface area (Å²) in [5, 5.41) is 21.3. The van der Waals surface area contributed by atoms with Gasteiger partial charge in [0.25, 0.3) is 0 Å². The lowest BCUT2D eigenvalue weighted by Gasteiger charge is -2.23. The number of benzene rings is 4. The van der Waals surface area contributed by atoms with Gasteiger partial charge in [-0.15, -0.1) is 0 Å². The molecule has 0 heterocycles. The Bertz CT molecular complexity index is 1930. The topological polar surface area (TPSA) is 112 Å². The van der Waals surface area contributed by atoms with Crippen LogP contribution >= 0.6 is 0 Å². The van der Waals surface area contributed by atoms with Gasteiger partial charge in [-0.3, -0.25) is 0 Å². The van der Waals surface area contributed by atoms with Crippen molar-refractivity contribution in [3.05, 3.63) is 116 Å². The number of ether oxygens (including phenoxy) is 4. The zero-order valence-electron chi connectivity index (χ0n) is 43.7. The van der Waals surface area contributed by atoms with Gasteiger partial charge >= 0.3 is 11.9 Å². The van der Waals surface area contributed by atoms with Gasteiger partial charge in [-0.1, -0.05) is 193 Å². The molecule has 8 heteroatoms. The monoisotopic (exact) mass is 961 g/mol. The zero-order valence-corrected chi connectivity index (χ0v) is 43.7. The number of hydrogen-bond acceptors (Lipinski definition) is 6. The van der Waals surface area contributed by atoms with E-state index in [1.54, 1.807) is 24.3 Å². The van der Waals surface area contributed by atoms with E-state index in [0.717, 1.165) is 145 Å². The molecule has 4 aromatic rings. The van der Waals surface area contributed by atoms with Crippen molar-refractivity contribution < 1.29 is 38.7 Å². The van der Waals surface area contributed by atoms with Crippen molar-refractivity contribution in [1.82, 2.24) is 0 Å². The maximum Gasteiger partial charge on any atom is 0.335 e. The van der Waals surface area contributed by atoms with E-state index < -0.39 is 11.9 Å². The Labute approximate surface area is 422 Å². The van der Waals surface area contributed by atoms with Crippen LogP contribution in [-0.4, -0.2) is 48.6 Å². The van der Waals surface area contributed by atoms with Gasteiger partial charge in [0.1, 0.15) is 23.0 Å². The second kappa shape index (κ2) is 32.1. The molecule has 5 rings (SSSR count). The molecule has 0 aliphatic heterocycles. The molecule has 4 aromatic carbocycles. The van der Waals surface area contributed by atoms with E-state index in [1.165, 1.54) is 77.0 Å². The van der Waals surface area contributed by atoms with E-state index in [2.05, 4.69) is 52.0 Å². The molecular formula is C62H88O8. The molecule has 0 atom stereocenters. The van der Waals surface area contributed by atoms with Crippen LogP contribution in [0.25, 0.3) is 0 Å². The molecule has 0 saturated carbocycles. The van der Waals surface area contributed by atoms with Gasteiger partial charge in [0.15, 0.2) is 0 Å². The molecule has 1 aliphatic carbocycles. The second-order valence-corrected chi connectivity index (χ2v) is 19.8. The van der Waals surface area contributed by atoms with Gasteiger partial charge in [-0.2, -0.15) is 0 Å². The highest BCUT2D eigenvalue weighted by Crippen LogP contribution is 2.40. The number of hydrogen-bond donors (Lipinski definition) is 2. The first-order valence-electron chi connectivity index (χ1n) is 27.8. The Hall–Kier alpha value is -4.98. The fourth-order valence-electron chi connectivity index (χ4n) is 9.90. The summed E-state index contributed by atoms with van der Waals surface area (Å²) in [6.45, 7) is 11.1. The van der Waals surface area contributed by atoms with Crippen LogP contribution in [0.3, 0.4) is 0 Å². The molecule has 70 heavy (non-hydrogen) atoms. The van der Waals surface area contributed by atoms with Gasteiger partial charge in [0.2, 0.25) is 0 Å². The number of carboxylic acid groups (broad SMARTS) is 2. The Morgan fingerprint density at radius 3 is 0.786 bits per heavy atom. The fraction of sp³-hybridized carbons (Fsp3) is 0.581. The van der Waals surface area contributed by atoms with E-state index >= 15 is 0 Å². The van der Waals surface area contributed by atoms with Crippen LogP contribution in [0.4, 0.5) is 0 Å². The van der Waals surface area contributed by atoms with E-state index in [0.29, 0.717) is 52.1 Å². The summed E-state index contributed by atoms with van der Waals surface area (Å²) in [4.78, 5) is 26.1. The lowest BCUT2D eigenvalue weighted by atomic mass is 9.89. The Morgan fingerprint density at radius 2 is 0.557 bits per heavy atom. The molecule has 0 radical (unpaired) electrons. The maximum atomic E-state index is 13.0. The number of unbranched alkanes of at least 4 members (excludes halogenated alkanes) is 20. The molecule has 2 N–H and O–H groups in total. The SMILES string of the molecule is CCCCCCCCOc1c2cccc1Cc1cc(C(=O)O)cc(c1OCCCCCCCC)Cc1cccc(c1OCCCCCCCC)Cc1cc(C(=O)O)cc(c1OCCCCCCCC)C2. The quantitative estimate of drug-likeness (QED) is 0.0392. The maximum absolute atomic E-state index is 13.0. The van der Waals surface area contributed by atoms with Crippen molar-refractivity contribution in [2.75, 3.05) is 26.4 Å². The van der Waals surface area contributed by atoms with Crippen molar-refractivity contribution in [2.45, 2.75) is 207 Å². The Kier molecular flexibility index (Phi) is 25.6. The molecular weight excluding hydrogens is 873 g/mol. The van der Waals surface area contributed by atoms with Crippen LogP contribution in [0.5, 0.6) is 23.0 Å². The van der Waals surface area contributed by atoms with Crippen molar-refractivity contribution in [3.63, 3.8) is 0 Å². The van der Waals surface area contributed by atoms with Crippen LogP contribution < -0.4 is 18.9 Å². The number of carboxylic acids is 2. The van der Waals surface area contributed by atoms with Crippen LogP contribution in [-0.2, 0) is 25.7 Å². The van der Waals surface area contributed by atoms with E-state index in [4.69, 9.17) is 18.9 Å². The number of aromatic carboxylic acids is 2. The minimum atomic E-state index is -0.984. The standard InChI is InChI=1S/C62H88O8/c1-5-9-13-17-21-25-35-67-57-47-31-29-32-48(57)40-52-44-56(62(65)66)46-54(60(52)70-38-28-24-20-16-12-8-4)42-50-34-30-33-49(58(50)68-36-26-22-18-14-10-6-2)41-53-45-55(61(63)64)43-51(39-47)59(53)69-37-27-23-19-15-11-7-3/h29-34,43-46H,5-28,35-42H2,1-4H3,(H,63,64)(H,65,66). The van der Waals surface area contributed by atoms with Crippen molar-refractivity contribution in [2.24, 2.45) is 0 Å². The molecule has 0 spiro atoms. The van der Waals surface area contributed by atoms with Crippen LogP contribution in [0.15, 0.2) is 60.7 Å². The molecule has 0 saturated heterocycles. The average Bonchev–Trinajstić information content (AvgIpc) is 3.34. The second-order valence-electron chi connectivity index (χ2n) is 19.8. The summed E-state index contributed by atoms with van der Waals surface area (Å²) in [5.41, 5.74) is 7.39. The lowest BCUT2D eigenvalue weighted by molar-refractivity contribution is 0.0685. The van der Waals surface area contributed by atoms with Gasteiger partial charge in [0.05, 0.1) is 37.6 Å². The molecule has 0 fully saturated rings. The molecule has 384 valence electrons. The third-order valence-corrected chi connectivity index (χ3v) is 13.8. The summed E-state index contributed by atoms with van der Waals surface area (Å²) in [7, 11) is 0. The summed E-state index contributed by atoms with van der Waals surface area (Å²) in [6.07, 6.45) is 28.7. The molecule has 1 aliphatic rings. The highest BCUT2D eigenvalue weighted by atomic mass is 16.5. The third-order valence-electron chi connectivity index (χ3n) is 13.8. The third kappa shape index (κ3) is 18.3. The van der Waals surface area contributed by atoms with Gasteiger partial charge in [-0.05, 0) is 94.5 Å². The average molecular weight is 961 g/mol. The molecule has 0 unspecified atom stereocenters. The lowest BCUT2D eigenvalue weighted by Crippen LogP contribution is -2.12. The highest BCUT2D eigenvalue weighted by Gasteiger charge is 2.25. The Morgan fingerprint density at radius 1 is 0.343 bits per heavy atom. The fourth-order valence-corrected chi connectivity index (χ4v) is 9.90. The molecule has 0 aromatic heterocycles. The Balaban J connectivity index is 1.68. The smallest absolute Gasteiger partial charge is 0.335 e. The predicted molar refractivity (Wildman–Crippen MR) is 286 cm³/mol.